The molecule has 1 saturated heterocycles. The number of rotatable bonds is 6. The molecule has 1 heterocycles. The number of ether oxygens (including phenoxy) is 1. The van der Waals surface area contributed by atoms with Crippen molar-refractivity contribution in [2.75, 3.05) is 39.8 Å². The number of urea groups is 1. The van der Waals surface area contributed by atoms with Crippen molar-refractivity contribution in [3.8, 4) is 5.75 Å². The Kier molecular flexibility index (Phi) is 7.17. The first-order chi connectivity index (χ1) is 12.8. The smallest absolute Gasteiger partial charge is 0.321 e. The van der Waals surface area contributed by atoms with Gasteiger partial charge in [0.05, 0.1) is 17.5 Å². The maximum Gasteiger partial charge on any atom is 0.321 e. The van der Waals surface area contributed by atoms with E-state index in [9.17, 15) is 18.0 Å². The molecule has 9 nitrogen and oxygen atoms in total. The third-order valence-corrected chi connectivity index (χ3v) is 6.35. The molecule has 0 saturated carbocycles. The zero-order chi connectivity index (χ0) is 20.0. The van der Waals surface area contributed by atoms with Gasteiger partial charge in [0.15, 0.2) is 0 Å². The minimum absolute atomic E-state index is 0.213. The SMILES string of the molecule is CCOc1ccc(S(=O)(=O)N2CCN([C@H](C)C(=O)NC(=O)NC)CC2)cc1. The third-order valence-electron chi connectivity index (χ3n) is 4.44. The Balaban J connectivity index is 1.97. The zero-order valence-electron chi connectivity index (χ0n) is 15.8. The van der Waals surface area contributed by atoms with E-state index >= 15 is 0 Å². The number of carbonyl (C=O) groups excluding carboxylic acids is 2. The first-order valence-corrected chi connectivity index (χ1v) is 10.2. The van der Waals surface area contributed by atoms with Crippen LogP contribution in [0.15, 0.2) is 29.2 Å². The van der Waals surface area contributed by atoms with Gasteiger partial charge in [-0.25, -0.2) is 13.2 Å². The number of nitrogens with one attached hydrogen (secondary N) is 2. The topological polar surface area (TPSA) is 108 Å². The molecule has 0 aromatic heterocycles. The van der Waals surface area contributed by atoms with Gasteiger partial charge in [0.25, 0.3) is 0 Å². The summed E-state index contributed by atoms with van der Waals surface area (Å²) in [5, 5.41) is 4.56. The molecule has 1 fully saturated rings. The van der Waals surface area contributed by atoms with Crippen LogP contribution in [0.2, 0.25) is 0 Å². The third kappa shape index (κ3) is 5.18. The summed E-state index contributed by atoms with van der Waals surface area (Å²) in [4.78, 5) is 25.4. The number of nitrogens with zero attached hydrogens (tertiary/aromatic N) is 2. The van der Waals surface area contributed by atoms with Crippen LogP contribution >= 0.6 is 0 Å². The van der Waals surface area contributed by atoms with Crippen LogP contribution in [-0.2, 0) is 14.8 Å². The molecular formula is C17H26N4O5S. The second-order valence-electron chi connectivity index (χ2n) is 6.09. The Labute approximate surface area is 159 Å². The summed E-state index contributed by atoms with van der Waals surface area (Å²) in [7, 11) is -2.17. The van der Waals surface area contributed by atoms with Crippen LogP contribution in [0.3, 0.4) is 0 Å². The number of carbonyl (C=O) groups is 2. The number of hydrogen-bond donors (Lipinski definition) is 2. The summed E-state index contributed by atoms with van der Waals surface area (Å²) in [5.41, 5.74) is 0. The van der Waals surface area contributed by atoms with Crippen molar-refractivity contribution >= 4 is 22.0 Å². The van der Waals surface area contributed by atoms with E-state index in [1.165, 1.54) is 23.5 Å². The maximum atomic E-state index is 12.8. The lowest BCUT2D eigenvalue weighted by Gasteiger charge is -2.36. The number of benzene rings is 1. The standard InChI is InChI=1S/C17H26N4O5S/c1-4-26-14-5-7-15(8-6-14)27(24,25)21-11-9-20(10-12-21)13(2)16(22)19-17(23)18-3/h5-8,13H,4,9-12H2,1-3H3,(H2,18,19,22,23)/t13-/m1/s1. The average Bonchev–Trinajstić information content (AvgIpc) is 2.68. The summed E-state index contributed by atoms with van der Waals surface area (Å²) in [6, 6.07) is 5.25. The maximum absolute atomic E-state index is 12.8. The number of piperazine rings is 1. The van der Waals surface area contributed by atoms with E-state index in [0.29, 0.717) is 25.4 Å². The lowest BCUT2D eigenvalue weighted by molar-refractivity contribution is -0.125. The van der Waals surface area contributed by atoms with Gasteiger partial charge in [-0.15, -0.1) is 0 Å². The van der Waals surface area contributed by atoms with Crippen LogP contribution in [0.1, 0.15) is 13.8 Å². The summed E-state index contributed by atoms with van der Waals surface area (Å²) in [6.45, 7) is 5.41. The van der Waals surface area contributed by atoms with Crippen LogP contribution in [-0.4, -0.2) is 75.4 Å². The summed E-state index contributed by atoms with van der Waals surface area (Å²) in [6.07, 6.45) is 0. The highest BCUT2D eigenvalue weighted by molar-refractivity contribution is 7.89. The predicted octanol–water partition coefficient (Wildman–Crippen LogP) is 0.236. The van der Waals surface area contributed by atoms with E-state index in [4.69, 9.17) is 4.74 Å². The van der Waals surface area contributed by atoms with E-state index in [-0.39, 0.29) is 18.0 Å². The van der Waals surface area contributed by atoms with Gasteiger partial charge in [-0.3, -0.25) is 15.0 Å². The largest absolute Gasteiger partial charge is 0.494 e. The number of sulfonamides is 1. The number of hydrogen-bond acceptors (Lipinski definition) is 6. The molecule has 1 aromatic rings. The monoisotopic (exact) mass is 398 g/mol. The van der Waals surface area contributed by atoms with Crippen molar-refractivity contribution in [1.82, 2.24) is 19.8 Å². The molecule has 3 amide bonds. The molecule has 1 aliphatic heterocycles. The molecule has 2 N–H and O–H groups in total. The lowest BCUT2D eigenvalue weighted by atomic mass is 10.2. The summed E-state index contributed by atoms with van der Waals surface area (Å²) < 4.78 is 32.3. The van der Waals surface area contributed by atoms with Crippen LogP contribution in [0.25, 0.3) is 0 Å². The highest BCUT2D eigenvalue weighted by Crippen LogP contribution is 2.21. The molecule has 0 aliphatic carbocycles. The fourth-order valence-corrected chi connectivity index (χ4v) is 4.22. The lowest BCUT2D eigenvalue weighted by Crippen LogP contribution is -2.56. The van der Waals surface area contributed by atoms with Gasteiger partial charge in [0, 0.05) is 33.2 Å². The quantitative estimate of drug-likeness (QED) is 0.711. The Morgan fingerprint density at radius 1 is 1.15 bits per heavy atom. The highest BCUT2D eigenvalue weighted by atomic mass is 32.2. The van der Waals surface area contributed by atoms with Crippen molar-refractivity contribution in [2.24, 2.45) is 0 Å². The normalized spacial score (nSPS) is 17.1. The van der Waals surface area contributed by atoms with E-state index < -0.39 is 28.0 Å². The van der Waals surface area contributed by atoms with Crippen molar-refractivity contribution in [1.29, 1.82) is 0 Å². The molecule has 10 heteroatoms. The Bertz CT molecular complexity index is 758. The van der Waals surface area contributed by atoms with Crippen LogP contribution in [0.4, 0.5) is 4.79 Å². The Morgan fingerprint density at radius 3 is 2.26 bits per heavy atom. The fourth-order valence-electron chi connectivity index (χ4n) is 2.80. The molecule has 1 aromatic carbocycles. The van der Waals surface area contributed by atoms with Crippen molar-refractivity contribution in [3.63, 3.8) is 0 Å². The van der Waals surface area contributed by atoms with Crippen molar-refractivity contribution < 1.29 is 22.7 Å². The molecule has 0 unspecified atom stereocenters. The van der Waals surface area contributed by atoms with Gasteiger partial charge in [0.2, 0.25) is 15.9 Å². The predicted molar refractivity (Wildman–Crippen MR) is 100 cm³/mol. The molecule has 0 spiro atoms. The average molecular weight is 398 g/mol. The molecule has 150 valence electrons. The van der Waals surface area contributed by atoms with E-state index in [1.807, 2.05) is 11.8 Å². The highest BCUT2D eigenvalue weighted by Gasteiger charge is 2.32. The minimum Gasteiger partial charge on any atom is -0.494 e. The molecule has 0 bridgehead atoms. The zero-order valence-corrected chi connectivity index (χ0v) is 16.6. The van der Waals surface area contributed by atoms with E-state index in [2.05, 4.69) is 10.6 Å². The van der Waals surface area contributed by atoms with Crippen LogP contribution in [0, 0.1) is 0 Å². The van der Waals surface area contributed by atoms with Crippen LogP contribution < -0.4 is 15.4 Å². The van der Waals surface area contributed by atoms with E-state index in [0.717, 1.165) is 0 Å². The van der Waals surface area contributed by atoms with Crippen molar-refractivity contribution in [3.05, 3.63) is 24.3 Å². The second kappa shape index (κ2) is 9.16. The van der Waals surface area contributed by atoms with Crippen LogP contribution in [0.5, 0.6) is 5.75 Å². The second-order valence-corrected chi connectivity index (χ2v) is 8.03. The summed E-state index contributed by atoms with van der Waals surface area (Å²) >= 11 is 0. The molecule has 0 radical (unpaired) electrons. The molecular weight excluding hydrogens is 372 g/mol. The van der Waals surface area contributed by atoms with Crippen molar-refractivity contribution in [2.45, 2.75) is 24.8 Å². The Hall–Kier alpha value is -2.17. The van der Waals surface area contributed by atoms with Gasteiger partial charge in [-0.2, -0.15) is 4.31 Å². The molecule has 1 aliphatic rings. The van der Waals surface area contributed by atoms with E-state index in [1.54, 1.807) is 19.1 Å². The number of imide groups is 1. The van der Waals surface area contributed by atoms with Gasteiger partial charge in [-0.05, 0) is 38.1 Å². The molecule has 27 heavy (non-hydrogen) atoms. The first-order valence-electron chi connectivity index (χ1n) is 8.79. The Morgan fingerprint density at radius 2 is 1.74 bits per heavy atom. The van der Waals surface area contributed by atoms with Gasteiger partial charge in [0.1, 0.15) is 5.75 Å². The minimum atomic E-state index is -3.60. The first kappa shape index (κ1) is 21.1. The van der Waals surface area contributed by atoms with Gasteiger partial charge < -0.3 is 10.1 Å². The van der Waals surface area contributed by atoms with Gasteiger partial charge in [-0.1, -0.05) is 0 Å². The molecule has 2 rings (SSSR count). The summed E-state index contributed by atoms with van der Waals surface area (Å²) in [5.74, 6) is 0.203. The molecule has 1 atom stereocenters. The van der Waals surface area contributed by atoms with Gasteiger partial charge >= 0.3 is 6.03 Å². The fraction of sp³-hybridized carbons (Fsp3) is 0.529. The number of amides is 3.